The van der Waals surface area contributed by atoms with Crippen LogP contribution in [0.5, 0.6) is 11.5 Å². The first-order valence-electron chi connectivity index (χ1n) is 9.17. The molecular formula is C21H23NO6S. The molecule has 0 radical (unpaired) electrons. The zero-order valence-electron chi connectivity index (χ0n) is 16.5. The van der Waals surface area contributed by atoms with E-state index in [1.54, 1.807) is 50.3 Å². The molecule has 3 rings (SSSR count). The average molecular weight is 417 g/mol. The number of benzene rings is 2. The molecule has 8 heteroatoms. The van der Waals surface area contributed by atoms with E-state index in [4.69, 9.17) is 14.2 Å². The molecule has 1 aliphatic rings. The molecule has 0 saturated carbocycles. The molecule has 2 aromatic rings. The van der Waals surface area contributed by atoms with E-state index < -0.39 is 22.0 Å². The molecule has 154 valence electrons. The first-order chi connectivity index (χ1) is 13.9. The van der Waals surface area contributed by atoms with E-state index in [1.165, 1.54) is 12.1 Å². The minimum atomic E-state index is -3.91. The average Bonchev–Trinajstić information content (AvgIpc) is 3.16. The zero-order valence-corrected chi connectivity index (χ0v) is 17.3. The SMILES string of the molecule is CC=C(C(=O)OCC)C(NS(=O)(=O)c1ccc(C)cc1)c1ccc2c(c1)OCO2. The third kappa shape index (κ3) is 4.60. The molecule has 29 heavy (non-hydrogen) atoms. The molecule has 0 fully saturated rings. The number of aryl methyl sites for hydroxylation is 1. The number of hydrogen-bond acceptors (Lipinski definition) is 6. The Morgan fingerprint density at radius 2 is 1.86 bits per heavy atom. The minimum Gasteiger partial charge on any atom is -0.463 e. The number of sulfonamides is 1. The first-order valence-corrected chi connectivity index (χ1v) is 10.7. The normalized spacial score (nSPS) is 14.5. The first kappa shape index (κ1) is 20.9. The molecule has 1 heterocycles. The van der Waals surface area contributed by atoms with Gasteiger partial charge in [-0.3, -0.25) is 0 Å². The number of nitrogens with one attached hydrogen (secondary N) is 1. The second kappa shape index (κ2) is 8.67. The lowest BCUT2D eigenvalue weighted by atomic mass is 9.99. The van der Waals surface area contributed by atoms with Gasteiger partial charge < -0.3 is 14.2 Å². The Morgan fingerprint density at radius 1 is 1.17 bits per heavy atom. The highest BCUT2D eigenvalue weighted by Crippen LogP contribution is 2.36. The predicted octanol–water partition coefficient (Wildman–Crippen LogP) is 3.25. The van der Waals surface area contributed by atoms with Crippen molar-refractivity contribution in [3.8, 4) is 11.5 Å². The summed E-state index contributed by atoms with van der Waals surface area (Å²) in [6.45, 7) is 5.49. The van der Waals surface area contributed by atoms with Gasteiger partial charge in [-0.15, -0.1) is 0 Å². The van der Waals surface area contributed by atoms with Crippen molar-refractivity contribution in [1.29, 1.82) is 0 Å². The monoisotopic (exact) mass is 417 g/mol. The molecule has 1 aliphatic heterocycles. The fourth-order valence-electron chi connectivity index (χ4n) is 2.96. The number of allylic oxidation sites excluding steroid dienone is 1. The largest absolute Gasteiger partial charge is 0.463 e. The van der Waals surface area contributed by atoms with Gasteiger partial charge in [0, 0.05) is 0 Å². The van der Waals surface area contributed by atoms with Crippen LogP contribution < -0.4 is 14.2 Å². The molecule has 1 atom stereocenters. The number of fused-ring (bicyclic) bond motifs is 1. The van der Waals surface area contributed by atoms with Gasteiger partial charge in [0.1, 0.15) is 0 Å². The van der Waals surface area contributed by atoms with E-state index in [1.807, 2.05) is 6.92 Å². The topological polar surface area (TPSA) is 90.9 Å². The summed E-state index contributed by atoms with van der Waals surface area (Å²) in [5, 5.41) is 0. The molecule has 2 aromatic carbocycles. The summed E-state index contributed by atoms with van der Waals surface area (Å²) in [7, 11) is -3.91. The van der Waals surface area contributed by atoms with Crippen LogP contribution in [0.15, 0.2) is 59.0 Å². The van der Waals surface area contributed by atoms with Gasteiger partial charge in [-0.25, -0.2) is 13.2 Å². The van der Waals surface area contributed by atoms with E-state index in [9.17, 15) is 13.2 Å². The highest BCUT2D eigenvalue weighted by Gasteiger charge is 2.30. The molecule has 0 spiro atoms. The fourth-order valence-corrected chi connectivity index (χ4v) is 4.17. The molecule has 0 aliphatic carbocycles. The van der Waals surface area contributed by atoms with Gasteiger partial charge >= 0.3 is 5.97 Å². The fraction of sp³-hybridized carbons (Fsp3) is 0.286. The van der Waals surface area contributed by atoms with Gasteiger partial charge in [0.25, 0.3) is 0 Å². The van der Waals surface area contributed by atoms with Gasteiger partial charge in [-0.05, 0) is 50.6 Å². The lowest BCUT2D eigenvalue weighted by Gasteiger charge is -2.21. The smallest absolute Gasteiger partial charge is 0.335 e. The van der Waals surface area contributed by atoms with Crippen LogP contribution in [0.1, 0.15) is 31.0 Å². The lowest BCUT2D eigenvalue weighted by Crippen LogP contribution is -2.32. The Kier molecular flexibility index (Phi) is 6.24. The van der Waals surface area contributed by atoms with Crippen molar-refractivity contribution in [3.63, 3.8) is 0 Å². The Balaban J connectivity index is 2.02. The van der Waals surface area contributed by atoms with Crippen molar-refractivity contribution >= 4 is 16.0 Å². The standard InChI is InChI=1S/C21H23NO6S/c1-4-17(21(23)26-5-2)20(15-8-11-18-19(12-15)28-13-27-18)22-29(24,25)16-9-6-14(3)7-10-16/h4,6-12,20,22H,5,13H2,1-3H3. The van der Waals surface area contributed by atoms with Crippen molar-refractivity contribution in [3.05, 3.63) is 65.2 Å². The second-order valence-electron chi connectivity index (χ2n) is 6.44. The summed E-state index contributed by atoms with van der Waals surface area (Å²) >= 11 is 0. The number of carbonyl (C=O) groups is 1. The molecule has 1 N–H and O–H groups in total. The van der Waals surface area contributed by atoms with E-state index in [-0.39, 0.29) is 23.9 Å². The van der Waals surface area contributed by atoms with Gasteiger partial charge in [-0.1, -0.05) is 29.8 Å². The molecule has 0 bridgehead atoms. The third-order valence-electron chi connectivity index (χ3n) is 4.47. The molecule has 0 amide bonds. The Hall–Kier alpha value is -2.84. The maximum Gasteiger partial charge on any atom is 0.335 e. The van der Waals surface area contributed by atoms with Gasteiger partial charge in [0.05, 0.1) is 23.1 Å². The van der Waals surface area contributed by atoms with Crippen LogP contribution in [-0.4, -0.2) is 27.8 Å². The number of rotatable bonds is 7. The van der Waals surface area contributed by atoms with Crippen LogP contribution in [-0.2, 0) is 19.6 Å². The molecular weight excluding hydrogens is 394 g/mol. The zero-order chi connectivity index (χ0) is 21.0. The van der Waals surface area contributed by atoms with Crippen molar-refractivity contribution in [2.45, 2.75) is 31.7 Å². The van der Waals surface area contributed by atoms with Gasteiger partial charge in [0.15, 0.2) is 11.5 Å². The highest BCUT2D eigenvalue weighted by atomic mass is 32.2. The Bertz CT molecular complexity index is 1030. The van der Waals surface area contributed by atoms with Gasteiger partial charge in [-0.2, -0.15) is 4.72 Å². The number of carbonyl (C=O) groups excluding carboxylic acids is 1. The third-order valence-corrected chi connectivity index (χ3v) is 5.91. The van der Waals surface area contributed by atoms with Crippen LogP contribution in [0.3, 0.4) is 0 Å². The predicted molar refractivity (Wildman–Crippen MR) is 107 cm³/mol. The summed E-state index contributed by atoms with van der Waals surface area (Å²) in [4.78, 5) is 12.6. The van der Waals surface area contributed by atoms with Crippen molar-refractivity contribution in [2.75, 3.05) is 13.4 Å². The quantitative estimate of drug-likeness (QED) is 0.549. The highest BCUT2D eigenvalue weighted by molar-refractivity contribution is 7.89. The maximum absolute atomic E-state index is 13.0. The maximum atomic E-state index is 13.0. The van der Waals surface area contributed by atoms with Crippen molar-refractivity contribution in [2.24, 2.45) is 0 Å². The van der Waals surface area contributed by atoms with Crippen LogP contribution in [0.25, 0.3) is 0 Å². The van der Waals surface area contributed by atoms with Crippen LogP contribution in [0, 0.1) is 6.92 Å². The van der Waals surface area contributed by atoms with E-state index >= 15 is 0 Å². The number of hydrogen-bond donors (Lipinski definition) is 1. The van der Waals surface area contributed by atoms with E-state index in [0.29, 0.717) is 17.1 Å². The summed E-state index contributed by atoms with van der Waals surface area (Å²) in [5.41, 5.74) is 1.66. The second-order valence-corrected chi connectivity index (χ2v) is 8.16. The van der Waals surface area contributed by atoms with Crippen LogP contribution in [0.2, 0.25) is 0 Å². The summed E-state index contributed by atoms with van der Waals surface area (Å²) in [5.74, 6) is 0.456. The number of esters is 1. The van der Waals surface area contributed by atoms with Crippen LogP contribution in [0.4, 0.5) is 0 Å². The van der Waals surface area contributed by atoms with Crippen molar-refractivity contribution in [1.82, 2.24) is 4.72 Å². The van der Waals surface area contributed by atoms with Crippen molar-refractivity contribution < 1.29 is 27.4 Å². The Morgan fingerprint density at radius 3 is 2.52 bits per heavy atom. The molecule has 7 nitrogen and oxygen atoms in total. The van der Waals surface area contributed by atoms with Crippen LogP contribution >= 0.6 is 0 Å². The summed E-state index contributed by atoms with van der Waals surface area (Å²) < 4.78 is 44.5. The molecule has 0 saturated heterocycles. The molecule has 0 aromatic heterocycles. The summed E-state index contributed by atoms with van der Waals surface area (Å²) in [6.07, 6.45) is 1.55. The number of ether oxygens (including phenoxy) is 3. The minimum absolute atomic E-state index is 0.0902. The Labute approximate surface area is 170 Å². The molecule has 1 unspecified atom stereocenters. The van der Waals surface area contributed by atoms with Gasteiger partial charge in [0.2, 0.25) is 16.8 Å². The van der Waals surface area contributed by atoms with E-state index in [0.717, 1.165) is 5.56 Å². The summed E-state index contributed by atoms with van der Waals surface area (Å²) in [6, 6.07) is 10.6. The van der Waals surface area contributed by atoms with E-state index in [2.05, 4.69) is 4.72 Å². The lowest BCUT2D eigenvalue weighted by molar-refractivity contribution is -0.138.